The van der Waals surface area contributed by atoms with Crippen LogP contribution in [-0.2, 0) is 6.42 Å². The minimum Gasteiger partial charge on any atom is -0.314 e. The molecular formula is C19H29N. The highest BCUT2D eigenvalue weighted by Gasteiger charge is 2.56. The van der Waals surface area contributed by atoms with Gasteiger partial charge in [-0.15, -0.1) is 0 Å². The number of benzene rings is 1. The molecule has 1 aromatic carbocycles. The fourth-order valence-corrected chi connectivity index (χ4v) is 4.76. The van der Waals surface area contributed by atoms with Crippen LogP contribution in [0.5, 0.6) is 0 Å². The zero-order valence-corrected chi connectivity index (χ0v) is 13.2. The summed E-state index contributed by atoms with van der Waals surface area (Å²) in [6, 6.07) is 9.91. The Hall–Kier alpha value is -0.820. The van der Waals surface area contributed by atoms with E-state index in [9.17, 15) is 0 Å². The van der Waals surface area contributed by atoms with Crippen molar-refractivity contribution in [2.45, 2.75) is 58.4 Å². The summed E-state index contributed by atoms with van der Waals surface area (Å²) in [7, 11) is 0. The molecule has 0 aliphatic heterocycles. The summed E-state index contributed by atoms with van der Waals surface area (Å²) in [5, 5.41) is 3.83. The lowest BCUT2D eigenvalue weighted by atomic mass is 9.88. The third-order valence-corrected chi connectivity index (χ3v) is 5.80. The average molecular weight is 271 g/mol. The zero-order chi connectivity index (χ0) is 14.1. The number of fused-ring (bicyclic) bond motifs is 3. The van der Waals surface area contributed by atoms with Crippen LogP contribution in [0, 0.1) is 17.8 Å². The van der Waals surface area contributed by atoms with Crippen molar-refractivity contribution < 1.29 is 0 Å². The summed E-state index contributed by atoms with van der Waals surface area (Å²) in [5.41, 5.74) is 3.29. The van der Waals surface area contributed by atoms with Gasteiger partial charge in [0.1, 0.15) is 0 Å². The molecule has 0 radical (unpaired) electrons. The minimum atomic E-state index is 0.733. The molecule has 20 heavy (non-hydrogen) atoms. The fraction of sp³-hybridized carbons (Fsp3) is 0.684. The number of aryl methyl sites for hydroxylation is 1. The van der Waals surface area contributed by atoms with Crippen molar-refractivity contribution in [1.82, 2.24) is 5.32 Å². The SMILES string of the molecule is CCNC(C(CC)CC)C1C2CCc3ccccc3C21. The van der Waals surface area contributed by atoms with Gasteiger partial charge in [-0.1, -0.05) is 57.9 Å². The number of hydrogen-bond donors (Lipinski definition) is 1. The molecule has 1 aromatic rings. The predicted octanol–water partition coefficient (Wildman–Crippen LogP) is 4.38. The lowest BCUT2D eigenvalue weighted by Gasteiger charge is -2.27. The molecule has 1 nitrogen and oxygen atoms in total. The Bertz CT molecular complexity index is 449. The Labute approximate surface area is 124 Å². The van der Waals surface area contributed by atoms with Crippen LogP contribution in [0.25, 0.3) is 0 Å². The van der Waals surface area contributed by atoms with E-state index in [1.165, 1.54) is 25.7 Å². The highest BCUT2D eigenvalue weighted by atomic mass is 14.9. The molecule has 0 spiro atoms. The van der Waals surface area contributed by atoms with Gasteiger partial charge in [-0.2, -0.15) is 0 Å². The van der Waals surface area contributed by atoms with Gasteiger partial charge in [0, 0.05) is 6.04 Å². The molecule has 4 atom stereocenters. The summed E-state index contributed by atoms with van der Waals surface area (Å²) in [5.74, 6) is 3.54. The van der Waals surface area contributed by atoms with Crippen LogP contribution >= 0.6 is 0 Å². The molecule has 1 saturated carbocycles. The van der Waals surface area contributed by atoms with E-state index in [0.29, 0.717) is 0 Å². The van der Waals surface area contributed by atoms with Crippen LogP contribution in [0.4, 0.5) is 0 Å². The molecule has 0 bridgehead atoms. The highest BCUT2D eigenvalue weighted by molar-refractivity contribution is 5.40. The molecule has 2 aliphatic rings. The third kappa shape index (κ3) is 2.30. The first-order chi connectivity index (χ1) is 9.81. The van der Waals surface area contributed by atoms with Crippen molar-refractivity contribution in [3.63, 3.8) is 0 Å². The summed E-state index contributed by atoms with van der Waals surface area (Å²) >= 11 is 0. The molecule has 0 amide bonds. The van der Waals surface area contributed by atoms with E-state index in [1.54, 1.807) is 11.1 Å². The van der Waals surface area contributed by atoms with Crippen LogP contribution in [0.2, 0.25) is 0 Å². The van der Waals surface area contributed by atoms with E-state index in [1.807, 2.05) is 0 Å². The molecule has 2 aliphatic carbocycles. The molecule has 1 N–H and O–H groups in total. The Morgan fingerprint density at radius 3 is 2.60 bits per heavy atom. The summed E-state index contributed by atoms with van der Waals surface area (Å²) in [4.78, 5) is 0. The van der Waals surface area contributed by atoms with Crippen LogP contribution in [0.15, 0.2) is 24.3 Å². The van der Waals surface area contributed by atoms with Crippen LogP contribution in [0.1, 0.15) is 57.1 Å². The molecule has 110 valence electrons. The normalized spacial score (nSPS) is 28.9. The first kappa shape index (κ1) is 14.1. The molecule has 1 fully saturated rings. The number of nitrogens with one attached hydrogen (secondary N) is 1. The fourth-order valence-electron chi connectivity index (χ4n) is 4.76. The Morgan fingerprint density at radius 1 is 1.15 bits per heavy atom. The van der Waals surface area contributed by atoms with Crippen molar-refractivity contribution in [3.8, 4) is 0 Å². The van der Waals surface area contributed by atoms with Crippen molar-refractivity contribution in [2.75, 3.05) is 6.54 Å². The molecule has 0 saturated heterocycles. The molecule has 4 unspecified atom stereocenters. The summed E-state index contributed by atoms with van der Waals surface area (Å²) < 4.78 is 0. The molecule has 1 heteroatoms. The van der Waals surface area contributed by atoms with E-state index in [-0.39, 0.29) is 0 Å². The Kier molecular flexibility index (Phi) is 4.16. The van der Waals surface area contributed by atoms with Gasteiger partial charge in [-0.05, 0) is 54.2 Å². The number of hydrogen-bond acceptors (Lipinski definition) is 1. The largest absolute Gasteiger partial charge is 0.314 e. The summed E-state index contributed by atoms with van der Waals surface area (Å²) in [6.07, 6.45) is 5.33. The monoisotopic (exact) mass is 271 g/mol. The highest BCUT2D eigenvalue weighted by Crippen LogP contribution is 2.62. The van der Waals surface area contributed by atoms with E-state index >= 15 is 0 Å². The maximum Gasteiger partial charge on any atom is 0.0132 e. The first-order valence-corrected chi connectivity index (χ1v) is 8.62. The first-order valence-electron chi connectivity index (χ1n) is 8.62. The second kappa shape index (κ2) is 5.89. The van der Waals surface area contributed by atoms with E-state index in [4.69, 9.17) is 0 Å². The number of rotatable bonds is 6. The Morgan fingerprint density at radius 2 is 1.90 bits per heavy atom. The maximum atomic E-state index is 3.83. The van der Waals surface area contributed by atoms with Gasteiger partial charge in [0.25, 0.3) is 0 Å². The van der Waals surface area contributed by atoms with Gasteiger partial charge in [0.05, 0.1) is 0 Å². The topological polar surface area (TPSA) is 12.0 Å². The molecule has 0 heterocycles. The van der Waals surface area contributed by atoms with Crippen molar-refractivity contribution in [3.05, 3.63) is 35.4 Å². The summed E-state index contributed by atoms with van der Waals surface area (Å²) in [6.45, 7) is 8.09. The predicted molar refractivity (Wildman–Crippen MR) is 86.0 cm³/mol. The zero-order valence-electron chi connectivity index (χ0n) is 13.2. The maximum absolute atomic E-state index is 3.83. The van der Waals surface area contributed by atoms with E-state index in [2.05, 4.69) is 50.4 Å². The van der Waals surface area contributed by atoms with Gasteiger partial charge in [-0.25, -0.2) is 0 Å². The Balaban J connectivity index is 1.82. The molecular weight excluding hydrogens is 242 g/mol. The van der Waals surface area contributed by atoms with E-state index in [0.717, 1.165) is 36.3 Å². The lowest BCUT2D eigenvalue weighted by molar-refractivity contribution is 0.295. The van der Waals surface area contributed by atoms with Crippen LogP contribution < -0.4 is 5.32 Å². The van der Waals surface area contributed by atoms with Crippen molar-refractivity contribution in [2.24, 2.45) is 17.8 Å². The van der Waals surface area contributed by atoms with Crippen molar-refractivity contribution >= 4 is 0 Å². The minimum absolute atomic E-state index is 0.733. The molecule has 3 rings (SSSR count). The van der Waals surface area contributed by atoms with Gasteiger partial charge < -0.3 is 5.32 Å². The van der Waals surface area contributed by atoms with Crippen LogP contribution in [-0.4, -0.2) is 12.6 Å². The van der Waals surface area contributed by atoms with Gasteiger partial charge in [0.15, 0.2) is 0 Å². The second-order valence-electron chi connectivity index (χ2n) is 6.66. The standard InChI is InChI=1S/C19H29N/c1-4-13(5-2)19(20-6-3)18-16-12-11-14-9-7-8-10-15(14)17(16)18/h7-10,13,16-20H,4-6,11-12H2,1-3H3. The smallest absolute Gasteiger partial charge is 0.0132 e. The quantitative estimate of drug-likeness (QED) is 0.810. The van der Waals surface area contributed by atoms with Gasteiger partial charge in [-0.3, -0.25) is 0 Å². The molecule has 0 aromatic heterocycles. The van der Waals surface area contributed by atoms with Crippen molar-refractivity contribution in [1.29, 1.82) is 0 Å². The second-order valence-corrected chi connectivity index (χ2v) is 6.66. The average Bonchev–Trinajstić information content (AvgIpc) is 3.22. The van der Waals surface area contributed by atoms with Gasteiger partial charge >= 0.3 is 0 Å². The lowest BCUT2D eigenvalue weighted by Crippen LogP contribution is -2.38. The van der Waals surface area contributed by atoms with Gasteiger partial charge in [0.2, 0.25) is 0 Å². The van der Waals surface area contributed by atoms with Crippen LogP contribution in [0.3, 0.4) is 0 Å². The third-order valence-electron chi connectivity index (χ3n) is 5.80. The van der Waals surface area contributed by atoms with E-state index < -0.39 is 0 Å².